The Kier molecular flexibility index (Phi) is 4.54. The summed E-state index contributed by atoms with van der Waals surface area (Å²) in [5, 5.41) is 20.8. The van der Waals surface area contributed by atoms with E-state index in [2.05, 4.69) is 13.8 Å². The second kappa shape index (κ2) is 5.82. The molecule has 0 bridgehead atoms. The van der Waals surface area contributed by atoms with Gasteiger partial charge in [0.15, 0.2) is 5.60 Å². The lowest BCUT2D eigenvalue weighted by atomic mass is 9.59. The second-order valence-electron chi connectivity index (χ2n) is 6.88. The van der Waals surface area contributed by atoms with E-state index in [9.17, 15) is 15.0 Å². The van der Waals surface area contributed by atoms with E-state index in [0.29, 0.717) is 11.8 Å². The van der Waals surface area contributed by atoms with Gasteiger partial charge in [-0.2, -0.15) is 0 Å². The number of aliphatic carboxylic acids is 1. The largest absolute Gasteiger partial charge is 0.479 e. The number of carboxylic acids is 1. The van der Waals surface area contributed by atoms with Gasteiger partial charge in [-0.15, -0.1) is 0 Å². The molecule has 2 aliphatic carbocycles. The van der Waals surface area contributed by atoms with Gasteiger partial charge in [-0.1, -0.05) is 52.4 Å². The molecule has 0 aromatic heterocycles. The quantitative estimate of drug-likeness (QED) is 0.824. The standard InChI is InChI=1S/C16H28O3/c1-11-7-6-8-12(2)14(11)16(19,15(17)18)13-9-4-3-5-10-13/h11-14,19H,3-10H2,1-2H3,(H,17,18). The Morgan fingerprint density at radius 2 is 1.47 bits per heavy atom. The van der Waals surface area contributed by atoms with Gasteiger partial charge in [-0.05, 0) is 30.6 Å². The van der Waals surface area contributed by atoms with Gasteiger partial charge in [0.2, 0.25) is 0 Å². The van der Waals surface area contributed by atoms with E-state index in [1.165, 1.54) is 12.8 Å². The zero-order valence-electron chi connectivity index (χ0n) is 12.3. The SMILES string of the molecule is CC1CCCC(C)C1C(O)(C(=O)O)C1CCCCC1. The summed E-state index contributed by atoms with van der Waals surface area (Å²) in [6.45, 7) is 4.24. The molecule has 3 atom stereocenters. The Balaban J connectivity index is 2.28. The van der Waals surface area contributed by atoms with Gasteiger partial charge in [0.05, 0.1) is 0 Å². The fourth-order valence-electron chi connectivity index (χ4n) is 4.68. The Hall–Kier alpha value is -0.570. The molecule has 0 saturated heterocycles. The first-order valence-electron chi connectivity index (χ1n) is 7.93. The minimum absolute atomic E-state index is 0.0493. The van der Waals surface area contributed by atoms with Crippen LogP contribution in [-0.2, 0) is 4.79 Å². The minimum Gasteiger partial charge on any atom is -0.479 e. The average molecular weight is 268 g/mol. The van der Waals surface area contributed by atoms with Crippen LogP contribution in [-0.4, -0.2) is 21.8 Å². The summed E-state index contributed by atoms with van der Waals surface area (Å²) in [7, 11) is 0. The molecule has 3 heteroatoms. The number of hydrogen-bond donors (Lipinski definition) is 2. The highest BCUT2D eigenvalue weighted by Crippen LogP contribution is 2.47. The first kappa shape index (κ1) is 14.8. The molecule has 0 aromatic carbocycles. The molecule has 0 spiro atoms. The molecule has 0 aromatic rings. The molecule has 2 rings (SSSR count). The van der Waals surface area contributed by atoms with Gasteiger partial charge in [-0.3, -0.25) is 0 Å². The summed E-state index contributed by atoms with van der Waals surface area (Å²) < 4.78 is 0. The molecule has 19 heavy (non-hydrogen) atoms. The average Bonchev–Trinajstić information content (AvgIpc) is 2.39. The maximum absolute atomic E-state index is 11.9. The van der Waals surface area contributed by atoms with Crippen LogP contribution >= 0.6 is 0 Å². The zero-order valence-corrected chi connectivity index (χ0v) is 12.3. The van der Waals surface area contributed by atoms with Crippen LogP contribution in [0, 0.1) is 23.7 Å². The van der Waals surface area contributed by atoms with Crippen molar-refractivity contribution in [2.45, 2.75) is 70.8 Å². The van der Waals surface area contributed by atoms with Crippen LogP contribution in [0.5, 0.6) is 0 Å². The number of carboxylic acid groups (broad SMARTS) is 1. The Bertz CT molecular complexity index is 312. The molecule has 2 aliphatic rings. The number of carbonyl (C=O) groups is 1. The molecule has 0 radical (unpaired) electrons. The van der Waals surface area contributed by atoms with Gasteiger partial charge in [-0.25, -0.2) is 4.79 Å². The van der Waals surface area contributed by atoms with Gasteiger partial charge >= 0.3 is 5.97 Å². The topological polar surface area (TPSA) is 57.5 Å². The first-order chi connectivity index (χ1) is 8.98. The maximum atomic E-state index is 11.9. The summed E-state index contributed by atoms with van der Waals surface area (Å²) in [4.78, 5) is 11.9. The van der Waals surface area contributed by atoms with E-state index in [1.54, 1.807) is 0 Å². The van der Waals surface area contributed by atoms with Crippen molar-refractivity contribution >= 4 is 5.97 Å². The van der Waals surface area contributed by atoms with Crippen molar-refractivity contribution in [3.63, 3.8) is 0 Å². The lowest BCUT2D eigenvalue weighted by Gasteiger charge is -2.47. The Morgan fingerprint density at radius 3 is 1.95 bits per heavy atom. The number of aliphatic hydroxyl groups is 1. The number of rotatable bonds is 3. The zero-order chi connectivity index (χ0) is 14.0. The molecular formula is C16H28O3. The van der Waals surface area contributed by atoms with Crippen molar-refractivity contribution in [3.05, 3.63) is 0 Å². The molecule has 0 amide bonds. The highest BCUT2D eigenvalue weighted by molar-refractivity contribution is 5.78. The molecule has 0 aliphatic heterocycles. The molecule has 2 saturated carbocycles. The van der Waals surface area contributed by atoms with Crippen molar-refractivity contribution < 1.29 is 15.0 Å². The van der Waals surface area contributed by atoms with Crippen molar-refractivity contribution in [2.24, 2.45) is 23.7 Å². The van der Waals surface area contributed by atoms with Crippen LogP contribution in [0.4, 0.5) is 0 Å². The van der Waals surface area contributed by atoms with Gasteiger partial charge in [0.25, 0.3) is 0 Å². The van der Waals surface area contributed by atoms with E-state index in [-0.39, 0.29) is 11.8 Å². The summed E-state index contributed by atoms with van der Waals surface area (Å²) in [6, 6.07) is 0. The van der Waals surface area contributed by atoms with E-state index >= 15 is 0 Å². The predicted molar refractivity (Wildman–Crippen MR) is 74.8 cm³/mol. The first-order valence-corrected chi connectivity index (χ1v) is 7.93. The molecule has 2 fully saturated rings. The fourth-order valence-corrected chi connectivity index (χ4v) is 4.68. The van der Waals surface area contributed by atoms with Crippen molar-refractivity contribution in [3.8, 4) is 0 Å². The molecule has 3 unspecified atom stereocenters. The van der Waals surface area contributed by atoms with E-state index < -0.39 is 11.6 Å². The van der Waals surface area contributed by atoms with Crippen LogP contribution in [0.25, 0.3) is 0 Å². The lowest BCUT2D eigenvalue weighted by Crippen LogP contribution is -2.57. The van der Waals surface area contributed by atoms with E-state index in [1.807, 2.05) is 0 Å². The smallest absolute Gasteiger partial charge is 0.336 e. The highest BCUT2D eigenvalue weighted by Gasteiger charge is 2.54. The normalized spacial score (nSPS) is 36.7. The van der Waals surface area contributed by atoms with Crippen molar-refractivity contribution in [1.82, 2.24) is 0 Å². The van der Waals surface area contributed by atoms with E-state index in [0.717, 1.165) is 38.5 Å². The molecule has 3 nitrogen and oxygen atoms in total. The summed E-state index contributed by atoms with van der Waals surface area (Å²) in [5.41, 5.74) is -1.50. The third kappa shape index (κ3) is 2.67. The summed E-state index contributed by atoms with van der Waals surface area (Å²) >= 11 is 0. The van der Waals surface area contributed by atoms with Crippen LogP contribution in [0.3, 0.4) is 0 Å². The van der Waals surface area contributed by atoms with Crippen molar-refractivity contribution in [1.29, 1.82) is 0 Å². The van der Waals surface area contributed by atoms with Crippen LogP contribution in [0.2, 0.25) is 0 Å². The van der Waals surface area contributed by atoms with Crippen LogP contribution in [0.1, 0.15) is 65.2 Å². The van der Waals surface area contributed by atoms with Crippen molar-refractivity contribution in [2.75, 3.05) is 0 Å². The summed E-state index contributed by atoms with van der Waals surface area (Å²) in [6.07, 6.45) is 8.33. The minimum atomic E-state index is -1.50. The van der Waals surface area contributed by atoms with Gasteiger partial charge in [0.1, 0.15) is 0 Å². The van der Waals surface area contributed by atoms with Gasteiger partial charge < -0.3 is 10.2 Å². The van der Waals surface area contributed by atoms with Gasteiger partial charge in [0, 0.05) is 5.92 Å². The fraction of sp³-hybridized carbons (Fsp3) is 0.938. The maximum Gasteiger partial charge on any atom is 0.336 e. The second-order valence-corrected chi connectivity index (χ2v) is 6.88. The van der Waals surface area contributed by atoms with Crippen LogP contribution in [0.15, 0.2) is 0 Å². The summed E-state index contributed by atoms with van der Waals surface area (Å²) in [5.74, 6) is -0.489. The monoisotopic (exact) mass is 268 g/mol. The molecule has 2 N–H and O–H groups in total. The predicted octanol–water partition coefficient (Wildman–Crippen LogP) is 3.45. The van der Waals surface area contributed by atoms with E-state index in [4.69, 9.17) is 0 Å². The third-order valence-electron chi connectivity index (χ3n) is 5.62. The molecular weight excluding hydrogens is 240 g/mol. The number of hydrogen-bond acceptors (Lipinski definition) is 2. The lowest BCUT2D eigenvalue weighted by molar-refractivity contribution is -0.186. The molecule has 0 heterocycles. The Labute approximate surface area is 116 Å². The van der Waals surface area contributed by atoms with Crippen LogP contribution < -0.4 is 0 Å². The molecule has 110 valence electrons. The highest BCUT2D eigenvalue weighted by atomic mass is 16.4. The third-order valence-corrected chi connectivity index (χ3v) is 5.62. The Morgan fingerprint density at radius 1 is 0.947 bits per heavy atom.